The van der Waals surface area contributed by atoms with E-state index in [1.807, 2.05) is 24.3 Å². The van der Waals surface area contributed by atoms with Gasteiger partial charge in [-0.2, -0.15) is 0 Å². The van der Waals surface area contributed by atoms with Crippen molar-refractivity contribution in [3.05, 3.63) is 59.7 Å². The molecule has 2 fully saturated rings. The molecule has 3 aliphatic rings. The fourth-order valence-corrected chi connectivity index (χ4v) is 6.61. The zero-order valence-electron chi connectivity index (χ0n) is 18.8. The number of nitrogens with zero attached hydrogens (tertiary/aromatic N) is 1. The summed E-state index contributed by atoms with van der Waals surface area (Å²) in [6.07, 6.45) is 2.35. The molecular formula is C26H28N2O5S. The number of thioether (sulfide) groups is 1. The molecule has 0 bridgehead atoms. The van der Waals surface area contributed by atoms with Gasteiger partial charge in [0.05, 0.1) is 5.88 Å². The highest BCUT2D eigenvalue weighted by Gasteiger charge is 2.39. The van der Waals surface area contributed by atoms with Gasteiger partial charge in [-0.25, -0.2) is 9.59 Å². The summed E-state index contributed by atoms with van der Waals surface area (Å²) in [5, 5.41) is 12.3. The minimum Gasteiger partial charge on any atom is -0.480 e. The van der Waals surface area contributed by atoms with Gasteiger partial charge in [0.15, 0.2) is 0 Å². The molecule has 7 nitrogen and oxygen atoms in total. The normalized spacial score (nSPS) is 23.8. The molecule has 1 aliphatic heterocycles. The Morgan fingerprint density at radius 1 is 1.03 bits per heavy atom. The number of benzene rings is 2. The van der Waals surface area contributed by atoms with E-state index in [4.69, 9.17) is 4.74 Å². The number of hydrogen-bond donors (Lipinski definition) is 2. The Labute approximate surface area is 202 Å². The Kier molecular flexibility index (Phi) is 6.50. The smallest absolute Gasteiger partial charge is 0.407 e. The summed E-state index contributed by atoms with van der Waals surface area (Å²) in [4.78, 5) is 38.6. The molecule has 178 valence electrons. The van der Waals surface area contributed by atoms with Crippen LogP contribution < -0.4 is 5.32 Å². The van der Waals surface area contributed by atoms with Crippen molar-refractivity contribution in [2.45, 2.75) is 43.7 Å². The van der Waals surface area contributed by atoms with Crippen molar-refractivity contribution in [1.82, 2.24) is 10.2 Å². The van der Waals surface area contributed by atoms with Crippen LogP contribution in [0.1, 0.15) is 42.7 Å². The molecule has 3 atom stereocenters. The zero-order valence-corrected chi connectivity index (χ0v) is 19.6. The van der Waals surface area contributed by atoms with E-state index < -0.39 is 18.1 Å². The van der Waals surface area contributed by atoms with E-state index in [2.05, 4.69) is 29.6 Å². The Hall–Kier alpha value is -3.00. The minimum absolute atomic E-state index is 0.000509. The molecule has 34 heavy (non-hydrogen) atoms. The van der Waals surface area contributed by atoms with E-state index in [-0.39, 0.29) is 30.4 Å². The number of ether oxygens (including phenoxy) is 1. The number of carboxylic acids is 1. The zero-order chi connectivity index (χ0) is 23.7. The first-order valence-electron chi connectivity index (χ1n) is 11.8. The third-order valence-electron chi connectivity index (χ3n) is 7.14. The van der Waals surface area contributed by atoms with E-state index in [0.29, 0.717) is 18.1 Å². The van der Waals surface area contributed by atoms with Crippen LogP contribution >= 0.6 is 11.8 Å². The van der Waals surface area contributed by atoms with Crippen molar-refractivity contribution in [2.75, 3.05) is 18.2 Å². The van der Waals surface area contributed by atoms with Gasteiger partial charge >= 0.3 is 12.1 Å². The van der Waals surface area contributed by atoms with Crippen LogP contribution in [0.15, 0.2) is 48.5 Å². The van der Waals surface area contributed by atoms with Crippen LogP contribution in [-0.4, -0.2) is 58.3 Å². The monoisotopic (exact) mass is 480 g/mol. The number of carbonyl (C=O) groups is 3. The summed E-state index contributed by atoms with van der Waals surface area (Å²) in [7, 11) is 0. The molecule has 0 spiro atoms. The lowest BCUT2D eigenvalue weighted by molar-refractivity contribution is -0.150. The van der Waals surface area contributed by atoms with E-state index in [9.17, 15) is 19.5 Å². The second-order valence-corrected chi connectivity index (χ2v) is 10.2. The number of amides is 2. The van der Waals surface area contributed by atoms with Crippen LogP contribution in [0.5, 0.6) is 0 Å². The lowest BCUT2D eigenvalue weighted by atomic mass is 9.84. The molecule has 1 saturated heterocycles. The van der Waals surface area contributed by atoms with Crippen molar-refractivity contribution in [2.24, 2.45) is 5.92 Å². The molecule has 2 N–H and O–H groups in total. The highest BCUT2D eigenvalue weighted by molar-refractivity contribution is 7.99. The first kappa shape index (κ1) is 22.8. The van der Waals surface area contributed by atoms with Crippen LogP contribution in [0.2, 0.25) is 0 Å². The quantitative estimate of drug-likeness (QED) is 0.670. The predicted molar refractivity (Wildman–Crippen MR) is 130 cm³/mol. The predicted octanol–water partition coefficient (Wildman–Crippen LogP) is 4.07. The third-order valence-corrected chi connectivity index (χ3v) is 8.15. The van der Waals surface area contributed by atoms with Crippen LogP contribution in [0, 0.1) is 5.92 Å². The fourth-order valence-electron chi connectivity index (χ4n) is 5.45. The molecule has 8 heteroatoms. The van der Waals surface area contributed by atoms with Crippen molar-refractivity contribution >= 4 is 29.7 Å². The summed E-state index contributed by atoms with van der Waals surface area (Å²) in [5.74, 6) is -0.502. The number of hydrogen-bond acceptors (Lipinski definition) is 5. The van der Waals surface area contributed by atoms with Gasteiger partial charge in [-0.3, -0.25) is 4.79 Å². The number of rotatable bonds is 5. The van der Waals surface area contributed by atoms with Crippen molar-refractivity contribution in [3.8, 4) is 11.1 Å². The number of nitrogens with one attached hydrogen (secondary N) is 1. The molecule has 5 rings (SSSR count). The van der Waals surface area contributed by atoms with E-state index in [1.165, 1.54) is 27.8 Å². The van der Waals surface area contributed by atoms with Crippen molar-refractivity contribution in [3.63, 3.8) is 0 Å². The van der Waals surface area contributed by atoms with Gasteiger partial charge in [0, 0.05) is 23.6 Å². The lowest BCUT2D eigenvalue weighted by Gasteiger charge is -2.32. The standard InChI is InChI=1S/C26H28N2O5S/c29-24(28-15-34-14-23(28)25(30)31)16-6-5-7-17(12-16)27-26(32)33-13-22-20-10-3-1-8-18(20)19-9-2-4-11-21(19)22/h1-4,8-11,16-17,22-23H,5-7,12-15H2,(H,27,32)(H,30,31)/t16-,17-,23?/m1/s1. The van der Waals surface area contributed by atoms with E-state index >= 15 is 0 Å². The first-order valence-corrected chi connectivity index (χ1v) is 12.9. The maximum Gasteiger partial charge on any atom is 0.407 e. The molecule has 1 saturated carbocycles. The van der Waals surface area contributed by atoms with Gasteiger partial charge in [-0.15, -0.1) is 11.8 Å². The van der Waals surface area contributed by atoms with Crippen LogP contribution in [-0.2, 0) is 14.3 Å². The molecule has 2 amide bonds. The fraction of sp³-hybridized carbons (Fsp3) is 0.423. The van der Waals surface area contributed by atoms with Crippen LogP contribution in [0.4, 0.5) is 4.79 Å². The average molecular weight is 481 g/mol. The van der Waals surface area contributed by atoms with Gasteiger partial charge in [0.1, 0.15) is 12.6 Å². The summed E-state index contributed by atoms with van der Waals surface area (Å²) in [6, 6.07) is 15.5. The van der Waals surface area contributed by atoms with Crippen LogP contribution in [0.3, 0.4) is 0 Å². The molecular weight excluding hydrogens is 452 g/mol. The van der Waals surface area contributed by atoms with Crippen LogP contribution in [0.25, 0.3) is 11.1 Å². The van der Waals surface area contributed by atoms with Gasteiger partial charge < -0.3 is 20.1 Å². The SMILES string of the molecule is O=C(N[C@@H]1CCC[C@@H](C(=O)N2CSCC2C(=O)O)C1)OCC1c2ccccc2-c2ccccc21. The number of alkyl carbamates (subject to hydrolysis) is 1. The topological polar surface area (TPSA) is 95.9 Å². The first-order chi connectivity index (χ1) is 16.5. The molecule has 0 radical (unpaired) electrons. The molecule has 2 aliphatic carbocycles. The van der Waals surface area contributed by atoms with Crippen molar-refractivity contribution in [1.29, 1.82) is 0 Å². The van der Waals surface area contributed by atoms with Gasteiger partial charge in [-0.1, -0.05) is 55.0 Å². The Morgan fingerprint density at radius 2 is 1.71 bits per heavy atom. The van der Waals surface area contributed by atoms with E-state index in [1.54, 1.807) is 0 Å². The number of carboxylic acid groups (broad SMARTS) is 1. The Balaban J connectivity index is 1.18. The number of fused-ring (bicyclic) bond motifs is 3. The molecule has 1 unspecified atom stereocenters. The van der Waals surface area contributed by atoms with Gasteiger partial charge in [-0.05, 0) is 41.5 Å². The number of carbonyl (C=O) groups excluding carboxylic acids is 2. The highest BCUT2D eigenvalue weighted by Crippen LogP contribution is 2.44. The maximum atomic E-state index is 13.0. The average Bonchev–Trinajstić information content (AvgIpc) is 3.46. The van der Waals surface area contributed by atoms with Gasteiger partial charge in [0.2, 0.25) is 5.91 Å². The lowest BCUT2D eigenvalue weighted by Crippen LogP contribution is -2.47. The second kappa shape index (κ2) is 9.70. The summed E-state index contributed by atoms with van der Waals surface area (Å²) >= 11 is 1.47. The van der Waals surface area contributed by atoms with Crippen molar-refractivity contribution < 1.29 is 24.2 Å². The third kappa shape index (κ3) is 4.39. The van der Waals surface area contributed by atoms with Gasteiger partial charge in [0.25, 0.3) is 0 Å². The summed E-state index contributed by atoms with van der Waals surface area (Å²) < 4.78 is 5.66. The molecule has 2 aromatic rings. The van der Waals surface area contributed by atoms with E-state index in [0.717, 1.165) is 30.4 Å². The summed E-state index contributed by atoms with van der Waals surface area (Å²) in [6.45, 7) is 0.250. The number of aliphatic carboxylic acids is 1. The maximum absolute atomic E-state index is 13.0. The summed E-state index contributed by atoms with van der Waals surface area (Å²) in [5.41, 5.74) is 4.69. The molecule has 1 heterocycles. The molecule has 0 aromatic heterocycles. The Morgan fingerprint density at radius 3 is 2.38 bits per heavy atom. The second-order valence-electron chi connectivity index (χ2n) is 9.19. The highest BCUT2D eigenvalue weighted by atomic mass is 32.2. The largest absolute Gasteiger partial charge is 0.480 e. The minimum atomic E-state index is -0.956. The Bertz CT molecular complexity index is 1060. The molecule has 2 aromatic carbocycles.